The van der Waals surface area contributed by atoms with Gasteiger partial charge in [-0.2, -0.15) is 0 Å². The second kappa shape index (κ2) is 20.4. The normalized spacial score (nSPS) is 25.8. The smallest absolute Gasteiger partial charge is 0.192 e. The lowest BCUT2D eigenvalue weighted by atomic mass is 9.67. The van der Waals surface area contributed by atoms with Gasteiger partial charge in [0.1, 0.15) is 36.1 Å². The van der Waals surface area contributed by atoms with E-state index in [9.17, 15) is 5.11 Å². The van der Waals surface area contributed by atoms with Crippen molar-refractivity contribution in [1.29, 1.82) is 0 Å². The van der Waals surface area contributed by atoms with Crippen LogP contribution in [0.25, 0.3) is 0 Å². The van der Waals surface area contributed by atoms with Crippen LogP contribution in [0, 0.1) is 23.2 Å². The Labute approximate surface area is 366 Å². The molecule has 336 valence electrons. The van der Waals surface area contributed by atoms with Crippen molar-refractivity contribution < 1.29 is 47.5 Å². The summed E-state index contributed by atoms with van der Waals surface area (Å²) in [6.07, 6.45) is 0.741. The van der Waals surface area contributed by atoms with E-state index in [0.717, 1.165) is 28.2 Å². The van der Waals surface area contributed by atoms with Gasteiger partial charge in [0, 0.05) is 30.3 Å². The van der Waals surface area contributed by atoms with Gasteiger partial charge in [-0.1, -0.05) is 102 Å². The molecule has 3 aromatic rings. The minimum absolute atomic E-state index is 0.0229. The maximum Gasteiger partial charge on any atom is 0.192 e. The Hall–Kier alpha value is -3.39. The van der Waals surface area contributed by atoms with Gasteiger partial charge < -0.3 is 42.7 Å². The van der Waals surface area contributed by atoms with Crippen molar-refractivity contribution in [2.45, 2.75) is 128 Å². The van der Waals surface area contributed by atoms with Crippen LogP contribution in [0.4, 0.5) is 0 Å². The maximum atomic E-state index is 15.4. The van der Waals surface area contributed by atoms with Gasteiger partial charge in [0.2, 0.25) is 0 Å². The quantitative estimate of drug-likeness (QED) is 0.0670. The minimum atomic E-state index is -2.55. The van der Waals surface area contributed by atoms with Crippen molar-refractivity contribution in [1.82, 2.24) is 0 Å². The highest BCUT2D eigenvalue weighted by molar-refractivity contribution is 6.74. The summed E-state index contributed by atoms with van der Waals surface area (Å²) in [5, 5.41) is 13.2. The highest BCUT2D eigenvalue weighted by Crippen LogP contribution is 2.59. The molecule has 0 aliphatic heterocycles. The number of aliphatic hydroxyl groups is 1. The van der Waals surface area contributed by atoms with Crippen LogP contribution in [0.5, 0.6) is 11.5 Å². The molecule has 2 bridgehead atoms. The predicted molar refractivity (Wildman–Crippen MR) is 241 cm³/mol. The number of hydrogen-bond acceptors (Lipinski definition) is 10. The Morgan fingerprint density at radius 1 is 0.869 bits per heavy atom. The molecule has 1 N–H and O–H groups in total. The summed E-state index contributed by atoms with van der Waals surface area (Å²) in [7, 11) is 2.28. The van der Waals surface area contributed by atoms with E-state index in [-0.39, 0.29) is 56.4 Å². The highest BCUT2D eigenvalue weighted by atomic mass is 28.4. The molecule has 8 atom stereocenters. The lowest BCUT2D eigenvalue weighted by molar-refractivity contribution is -0.219. The molecule has 0 saturated heterocycles. The van der Waals surface area contributed by atoms with Crippen molar-refractivity contribution >= 4 is 14.1 Å². The van der Waals surface area contributed by atoms with E-state index in [4.69, 9.17) is 37.6 Å². The van der Waals surface area contributed by atoms with Gasteiger partial charge in [0.25, 0.3) is 0 Å². The largest absolute Gasteiger partial charge is 0.497 e. The van der Waals surface area contributed by atoms with E-state index in [1.165, 1.54) is 0 Å². The van der Waals surface area contributed by atoms with Gasteiger partial charge in [-0.25, -0.2) is 0 Å². The van der Waals surface area contributed by atoms with Crippen molar-refractivity contribution in [2.75, 3.05) is 34.7 Å². The Morgan fingerprint density at radius 2 is 1.44 bits per heavy atom. The van der Waals surface area contributed by atoms with E-state index >= 15 is 4.79 Å². The molecule has 0 aromatic heterocycles. The molecule has 0 amide bonds. The first-order valence-corrected chi connectivity index (χ1v) is 24.6. The molecule has 2 saturated carbocycles. The summed E-state index contributed by atoms with van der Waals surface area (Å²) in [5.74, 6) is -0.228. The highest BCUT2D eigenvalue weighted by Gasteiger charge is 2.65. The second-order valence-electron chi connectivity index (χ2n) is 19.1. The topological polar surface area (TPSA) is 111 Å². The van der Waals surface area contributed by atoms with E-state index in [2.05, 4.69) is 54.3 Å². The van der Waals surface area contributed by atoms with Crippen LogP contribution >= 0.6 is 0 Å². The van der Waals surface area contributed by atoms with Crippen molar-refractivity contribution in [3.8, 4) is 11.5 Å². The third kappa shape index (κ3) is 10.7. The van der Waals surface area contributed by atoms with E-state index in [1.54, 1.807) is 27.4 Å². The number of ketones is 1. The monoisotopic (exact) mass is 860 g/mol. The molecule has 11 heteroatoms. The fraction of sp³-hybridized carbons (Fsp3) is 0.580. The van der Waals surface area contributed by atoms with Gasteiger partial charge in [-0.3, -0.25) is 4.79 Å². The number of fused-ring (bicyclic) bond motifs is 2. The standard InChI is InChI=1S/C50H72O10Si/c1-13-43(57-31-38-21-25-40(55-10)26-22-38)49(59-32-36-17-15-14-16-18-36,33-56-30-37-19-23-39(54-9)24-20-37)42-29-44(60-61(11,12)47(3,4)5)50(52)28-27-41(48(50,6)7)46(58-34-53-8)45(51)35(42)2/h13-26,35,41-44,46,52H,1,27-34H2,2-12H3/t35-,41-,42+,43-,44+,46-,49-,50-/m1/s1. The van der Waals surface area contributed by atoms with Gasteiger partial charge >= 0.3 is 0 Å². The molecule has 0 spiro atoms. The summed E-state index contributed by atoms with van der Waals surface area (Å²) in [6.45, 7) is 22.1. The van der Waals surface area contributed by atoms with E-state index in [0.29, 0.717) is 12.8 Å². The molecule has 61 heavy (non-hydrogen) atoms. The summed E-state index contributed by atoms with van der Waals surface area (Å²) < 4.78 is 51.3. The first-order valence-electron chi connectivity index (χ1n) is 21.7. The van der Waals surface area contributed by atoms with Gasteiger partial charge in [-0.05, 0) is 78.4 Å². The van der Waals surface area contributed by atoms with Gasteiger partial charge in [-0.15, -0.1) is 6.58 Å². The fourth-order valence-electron chi connectivity index (χ4n) is 9.20. The number of ether oxygens (including phenoxy) is 7. The molecule has 0 heterocycles. The SMILES string of the molecule is C=C[C@@H](OCc1ccc(OC)cc1)[C@](COCc1ccc(OC)cc1)(OCc1ccccc1)[C@H]1C[C@H](O[Si](C)(C)C(C)(C)C)[C@]2(O)CC[C@H]([C@@H](OCOC)C(=O)[C@@H]1C)C2(C)C. The van der Waals surface area contributed by atoms with Crippen LogP contribution in [0.3, 0.4) is 0 Å². The molecule has 0 radical (unpaired) electrons. The molecule has 10 nitrogen and oxygen atoms in total. The Kier molecular flexibility index (Phi) is 16.3. The lowest BCUT2D eigenvalue weighted by Crippen LogP contribution is -2.62. The molecule has 2 aliphatic rings. The molecule has 2 fully saturated rings. The molecular weight excluding hydrogens is 789 g/mol. The van der Waals surface area contributed by atoms with Crippen molar-refractivity contribution in [3.63, 3.8) is 0 Å². The van der Waals surface area contributed by atoms with Crippen LogP contribution in [-0.2, 0) is 52.7 Å². The maximum absolute atomic E-state index is 15.4. The number of benzene rings is 3. The second-order valence-corrected chi connectivity index (χ2v) is 23.8. The molecule has 5 rings (SSSR count). The van der Waals surface area contributed by atoms with Crippen LogP contribution in [0.1, 0.15) is 77.5 Å². The average Bonchev–Trinajstić information content (AvgIpc) is 3.49. The summed E-state index contributed by atoms with van der Waals surface area (Å²) in [4.78, 5) is 15.4. The fourth-order valence-corrected chi connectivity index (χ4v) is 10.6. The van der Waals surface area contributed by atoms with Crippen LogP contribution in [-0.4, -0.2) is 83.5 Å². The third-order valence-corrected chi connectivity index (χ3v) is 18.7. The predicted octanol–water partition coefficient (Wildman–Crippen LogP) is 9.72. The number of methoxy groups -OCH3 is 3. The number of carbonyl (C=O) groups excluding carboxylic acids is 1. The molecule has 0 unspecified atom stereocenters. The first kappa shape index (κ1) is 48.6. The first-order chi connectivity index (χ1) is 28.9. The molecule has 3 aromatic carbocycles. The summed E-state index contributed by atoms with van der Waals surface area (Å²) in [6, 6.07) is 25.4. The minimum Gasteiger partial charge on any atom is -0.497 e. The zero-order chi connectivity index (χ0) is 44.6. The molecular formula is C50H72O10Si. The van der Waals surface area contributed by atoms with Crippen LogP contribution < -0.4 is 9.47 Å². The summed E-state index contributed by atoms with van der Waals surface area (Å²) in [5.41, 5.74) is -0.654. The zero-order valence-electron chi connectivity index (χ0n) is 38.5. The lowest BCUT2D eigenvalue weighted by Gasteiger charge is -2.52. The van der Waals surface area contributed by atoms with Crippen molar-refractivity contribution in [2.24, 2.45) is 23.2 Å². The van der Waals surface area contributed by atoms with Crippen LogP contribution in [0.15, 0.2) is 91.5 Å². The van der Waals surface area contributed by atoms with Crippen molar-refractivity contribution in [3.05, 3.63) is 108 Å². The van der Waals surface area contributed by atoms with Crippen LogP contribution in [0.2, 0.25) is 18.1 Å². The average molecular weight is 861 g/mol. The van der Waals surface area contributed by atoms with E-state index in [1.807, 2.05) is 85.8 Å². The van der Waals surface area contributed by atoms with Gasteiger partial charge in [0.15, 0.2) is 14.1 Å². The third-order valence-electron chi connectivity index (χ3n) is 14.2. The number of hydrogen-bond donors (Lipinski definition) is 1. The molecule has 2 aliphatic carbocycles. The number of Topliss-reactive ketones (excluding diaryl/α,β-unsaturated/α-hetero) is 1. The zero-order valence-corrected chi connectivity index (χ0v) is 39.5. The Morgan fingerprint density at radius 3 is 1.98 bits per heavy atom. The summed E-state index contributed by atoms with van der Waals surface area (Å²) >= 11 is 0. The number of rotatable bonds is 20. The Bertz CT molecular complexity index is 1840. The van der Waals surface area contributed by atoms with E-state index < -0.39 is 55.1 Å². The van der Waals surface area contributed by atoms with Gasteiger partial charge in [0.05, 0.1) is 52.4 Å². The Balaban J connectivity index is 1.73. The number of carbonyl (C=O) groups is 1.